The second-order valence-electron chi connectivity index (χ2n) is 4.05. The highest BCUT2D eigenvalue weighted by Crippen LogP contribution is 2.00. The van der Waals surface area contributed by atoms with Gasteiger partial charge in [0.15, 0.2) is 0 Å². The molecule has 0 saturated heterocycles. The molecule has 6 nitrogen and oxygen atoms in total. The second-order valence-corrected chi connectivity index (χ2v) is 4.05. The number of aliphatic carboxylic acids is 1. The molecule has 0 aromatic heterocycles. The first-order valence-electron chi connectivity index (χ1n) is 6.40. The van der Waals surface area contributed by atoms with E-state index in [-0.39, 0.29) is 13.0 Å². The molecule has 106 valence electrons. The highest BCUT2D eigenvalue weighted by atomic mass is 16.5. The largest absolute Gasteiger partial charge is 0.481 e. The van der Waals surface area contributed by atoms with Crippen LogP contribution in [-0.2, 0) is 9.53 Å². The number of hydrogen-bond acceptors (Lipinski definition) is 4. The van der Waals surface area contributed by atoms with E-state index in [9.17, 15) is 9.59 Å². The first-order chi connectivity index (χ1) is 8.66. The molecule has 0 aromatic rings. The SMILES string of the molecule is O=C(O)CCCCCOC(=O)NCCCCCO. The number of amides is 1. The number of hydrogen-bond donors (Lipinski definition) is 3. The maximum atomic E-state index is 11.1. The Balaban J connectivity index is 3.19. The number of aliphatic hydroxyl groups excluding tert-OH is 1. The van der Waals surface area contributed by atoms with E-state index in [2.05, 4.69) is 5.32 Å². The minimum Gasteiger partial charge on any atom is -0.481 e. The van der Waals surface area contributed by atoms with Crippen LogP contribution >= 0.6 is 0 Å². The van der Waals surface area contributed by atoms with Crippen LogP contribution in [0.5, 0.6) is 0 Å². The van der Waals surface area contributed by atoms with Crippen molar-refractivity contribution >= 4 is 12.1 Å². The van der Waals surface area contributed by atoms with E-state index in [4.69, 9.17) is 14.9 Å². The molecule has 6 heteroatoms. The van der Waals surface area contributed by atoms with Crippen LogP contribution in [0.3, 0.4) is 0 Å². The topological polar surface area (TPSA) is 95.9 Å². The minimum atomic E-state index is -0.795. The van der Waals surface area contributed by atoms with E-state index in [0.717, 1.165) is 25.7 Å². The van der Waals surface area contributed by atoms with Crippen LogP contribution in [0.25, 0.3) is 0 Å². The maximum absolute atomic E-state index is 11.1. The van der Waals surface area contributed by atoms with E-state index in [0.29, 0.717) is 26.0 Å². The fourth-order valence-electron chi connectivity index (χ4n) is 1.37. The maximum Gasteiger partial charge on any atom is 0.407 e. The van der Waals surface area contributed by atoms with Crippen molar-refractivity contribution in [2.24, 2.45) is 0 Å². The lowest BCUT2D eigenvalue weighted by molar-refractivity contribution is -0.137. The minimum absolute atomic E-state index is 0.164. The van der Waals surface area contributed by atoms with Gasteiger partial charge in [-0.3, -0.25) is 4.79 Å². The number of unbranched alkanes of at least 4 members (excludes halogenated alkanes) is 4. The molecule has 0 rings (SSSR count). The van der Waals surface area contributed by atoms with E-state index in [1.54, 1.807) is 0 Å². The zero-order chi connectivity index (χ0) is 13.6. The van der Waals surface area contributed by atoms with Crippen LogP contribution in [0.15, 0.2) is 0 Å². The molecule has 18 heavy (non-hydrogen) atoms. The predicted molar refractivity (Wildman–Crippen MR) is 66.4 cm³/mol. The Morgan fingerprint density at radius 3 is 2.39 bits per heavy atom. The average molecular weight is 261 g/mol. The van der Waals surface area contributed by atoms with Gasteiger partial charge >= 0.3 is 12.1 Å². The van der Waals surface area contributed by atoms with Crippen molar-refractivity contribution in [1.29, 1.82) is 0 Å². The van der Waals surface area contributed by atoms with Crippen molar-refractivity contribution in [2.75, 3.05) is 19.8 Å². The standard InChI is InChI=1S/C12H23NO5/c14-9-5-2-4-8-13-12(17)18-10-6-1-3-7-11(15)16/h14H,1-10H2,(H,13,17)(H,15,16). The van der Waals surface area contributed by atoms with Crippen LogP contribution in [-0.4, -0.2) is 42.0 Å². The van der Waals surface area contributed by atoms with Gasteiger partial charge < -0.3 is 20.3 Å². The Morgan fingerprint density at radius 2 is 1.72 bits per heavy atom. The molecule has 0 aliphatic rings. The summed E-state index contributed by atoms with van der Waals surface area (Å²) in [6, 6.07) is 0. The van der Waals surface area contributed by atoms with Gasteiger partial charge in [0.1, 0.15) is 0 Å². The van der Waals surface area contributed by atoms with Crippen LogP contribution in [0, 0.1) is 0 Å². The number of carbonyl (C=O) groups is 2. The Labute approximate surface area is 107 Å². The third-order valence-corrected chi connectivity index (χ3v) is 2.37. The first kappa shape index (κ1) is 16.7. The molecule has 0 aliphatic heterocycles. The fraction of sp³-hybridized carbons (Fsp3) is 0.833. The van der Waals surface area contributed by atoms with Crippen LogP contribution < -0.4 is 5.32 Å². The zero-order valence-corrected chi connectivity index (χ0v) is 10.7. The summed E-state index contributed by atoms with van der Waals surface area (Å²) in [5.41, 5.74) is 0. The van der Waals surface area contributed by atoms with Gasteiger partial charge in [-0.25, -0.2) is 4.79 Å². The summed E-state index contributed by atoms with van der Waals surface area (Å²) < 4.78 is 4.91. The summed E-state index contributed by atoms with van der Waals surface area (Å²) in [6.45, 7) is 1.06. The van der Waals surface area contributed by atoms with E-state index >= 15 is 0 Å². The zero-order valence-electron chi connectivity index (χ0n) is 10.7. The average Bonchev–Trinajstić information content (AvgIpc) is 2.33. The number of carboxylic acids is 1. The summed E-state index contributed by atoms with van der Waals surface area (Å²) in [6.07, 6.45) is 4.23. The normalized spacial score (nSPS) is 10.1. The van der Waals surface area contributed by atoms with Crippen molar-refractivity contribution in [1.82, 2.24) is 5.32 Å². The number of carbonyl (C=O) groups excluding carboxylic acids is 1. The van der Waals surface area contributed by atoms with E-state index in [1.165, 1.54) is 0 Å². The fourth-order valence-corrected chi connectivity index (χ4v) is 1.37. The Bertz CT molecular complexity index is 233. The molecular formula is C12H23NO5. The third kappa shape index (κ3) is 12.8. The van der Waals surface area contributed by atoms with E-state index < -0.39 is 12.1 Å². The summed E-state index contributed by atoms with van der Waals surface area (Å²) in [7, 11) is 0. The summed E-state index contributed by atoms with van der Waals surface area (Å²) in [5.74, 6) is -0.795. The van der Waals surface area contributed by atoms with E-state index in [1.807, 2.05) is 0 Å². The highest BCUT2D eigenvalue weighted by molar-refractivity contribution is 5.67. The molecule has 0 bridgehead atoms. The molecule has 0 fully saturated rings. The predicted octanol–water partition coefficient (Wildman–Crippen LogP) is 1.52. The molecule has 1 amide bonds. The molecular weight excluding hydrogens is 238 g/mol. The molecule has 0 unspecified atom stereocenters. The molecule has 0 atom stereocenters. The second kappa shape index (κ2) is 12.2. The number of alkyl carbamates (subject to hydrolysis) is 1. The number of rotatable bonds is 11. The Morgan fingerprint density at radius 1 is 1.00 bits per heavy atom. The molecule has 0 radical (unpaired) electrons. The Hall–Kier alpha value is -1.30. The van der Waals surface area contributed by atoms with Gasteiger partial charge in [0.05, 0.1) is 6.61 Å². The molecule has 0 saturated carbocycles. The van der Waals surface area contributed by atoms with Crippen molar-refractivity contribution in [3.05, 3.63) is 0 Å². The van der Waals surface area contributed by atoms with Gasteiger partial charge in [-0.15, -0.1) is 0 Å². The molecule has 0 spiro atoms. The highest BCUT2D eigenvalue weighted by Gasteiger charge is 2.01. The molecule has 0 aliphatic carbocycles. The number of carboxylic acid groups (broad SMARTS) is 1. The monoisotopic (exact) mass is 261 g/mol. The number of aliphatic hydroxyl groups is 1. The summed E-state index contributed by atoms with van der Waals surface area (Å²) >= 11 is 0. The summed E-state index contributed by atoms with van der Waals surface area (Å²) in [4.78, 5) is 21.4. The summed E-state index contributed by atoms with van der Waals surface area (Å²) in [5, 5.41) is 19.6. The quantitative estimate of drug-likeness (QED) is 0.490. The van der Waals surface area contributed by atoms with Crippen LogP contribution in [0.4, 0.5) is 4.79 Å². The van der Waals surface area contributed by atoms with Gasteiger partial charge in [0, 0.05) is 19.6 Å². The van der Waals surface area contributed by atoms with Crippen molar-refractivity contribution in [3.63, 3.8) is 0 Å². The van der Waals surface area contributed by atoms with Crippen molar-refractivity contribution < 1.29 is 24.5 Å². The van der Waals surface area contributed by atoms with Gasteiger partial charge in [0.2, 0.25) is 0 Å². The van der Waals surface area contributed by atoms with Gasteiger partial charge in [-0.2, -0.15) is 0 Å². The molecule has 0 heterocycles. The number of ether oxygens (including phenoxy) is 1. The molecule has 0 aromatic carbocycles. The third-order valence-electron chi connectivity index (χ3n) is 2.37. The van der Waals surface area contributed by atoms with Gasteiger partial charge in [-0.1, -0.05) is 0 Å². The Kier molecular flexibility index (Phi) is 11.3. The lowest BCUT2D eigenvalue weighted by atomic mass is 10.2. The molecule has 3 N–H and O–H groups in total. The lowest BCUT2D eigenvalue weighted by Gasteiger charge is -2.06. The smallest absolute Gasteiger partial charge is 0.407 e. The van der Waals surface area contributed by atoms with Gasteiger partial charge in [0.25, 0.3) is 0 Å². The van der Waals surface area contributed by atoms with Crippen molar-refractivity contribution in [3.8, 4) is 0 Å². The van der Waals surface area contributed by atoms with Gasteiger partial charge in [-0.05, 0) is 38.5 Å². The van der Waals surface area contributed by atoms with Crippen molar-refractivity contribution in [2.45, 2.75) is 44.9 Å². The number of nitrogens with one attached hydrogen (secondary N) is 1. The first-order valence-corrected chi connectivity index (χ1v) is 6.40. The van der Waals surface area contributed by atoms with Crippen LogP contribution in [0.2, 0.25) is 0 Å². The van der Waals surface area contributed by atoms with Crippen LogP contribution in [0.1, 0.15) is 44.9 Å². The lowest BCUT2D eigenvalue weighted by Crippen LogP contribution is -2.25.